The van der Waals surface area contributed by atoms with Gasteiger partial charge >= 0.3 is 89.9 Å². The van der Waals surface area contributed by atoms with Crippen molar-refractivity contribution in [3.8, 4) is 0 Å². The maximum atomic E-state index is 5.83. The fraction of sp³-hybridized carbons (Fsp3) is 1.00. The second kappa shape index (κ2) is 8.09. The molecule has 80 valence electrons. The van der Waals surface area contributed by atoms with E-state index in [1.165, 1.54) is 0 Å². The number of hydrogen-bond acceptors (Lipinski definition) is 2. The van der Waals surface area contributed by atoms with Gasteiger partial charge in [-0.25, -0.2) is 0 Å². The Bertz CT molecular complexity index is 116. The standard InChI is InChI=1S/C9H21ClGeO2/c1-4-11(12-5-2,13-6-3)9-7-8-10/h4-9H2,1-3H3. The summed E-state index contributed by atoms with van der Waals surface area (Å²) in [6.45, 7) is 7.79. The molecule has 0 unspecified atom stereocenters. The van der Waals surface area contributed by atoms with Crippen LogP contribution < -0.4 is 0 Å². The Balaban J connectivity index is 4.07. The van der Waals surface area contributed by atoms with Crippen molar-refractivity contribution in [2.75, 3.05) is 19.1 Å². The van der Waals surface area contributed by atoms with Crippen LogP contribution in [-0.4, -0.2) is 33.0 Å². The van der Waals surface area contributed by atoms with Crippen molar-refractivity contribution in [2.45, 2.75) is 37.7 Å². The van der Waals surface area contributed by atoms with Gasteiger partial charge in [0.1, 0.15) is 0 Å². The molecule has 0 heterocycles. The Morgan fingerprint density at radius 3 is 1.92 bits per heavy atom. The Kier molecular flexibility index (Phi) is 8.56. The number of alkyl halides is 1. The fourth-order valence-electron chi connectivity index (χ4n) is 1.43. The maximum absolute atomic E-state index is 5.83. The molecule has 0 fully saturated rings. The van der Waals surface area contributed by atoms with Crippen molar-refractivity contribution in [3.63, 3.8) is 0 Å². The summed E-state index contributed by atoms with van der Waals surface area (Å²) in [4.78, 5) is 0. The van der Waals surface area contributed by atoms with E-state index in [1.807, 2.05) is 13.8 Å². The Hall–Kier alpha value is 0.753. The van der Waals surface area contributed by atoms with Gasteiger partial charge in [0.05, 0.1) is 0 Å². The molecule has 0 bridgehead atoms. The first kappa shape index (κ1) is 13.8. The average molecular weight is 269 g/mol. The minimum atomic E-state index is -2.39. The van der Waals surface area contributed by atoms with Crippen LogP contribution in [-0.2, 0) is 7.53 Å². The summed E-state index contributed by atoms with van der Waals surface area (Å²) in [5.41, 5.74) is 0. The van der Waals surface area contributed by atoms with Gasteiger partial charge in [-0.15, -0.1) is 0 Å². The van der Waals surface area contributed by atoms with Gasteiger partial charge < -0.3 is 0 Å². The first-order chi connectivity index (χ1) is 6.24. The van der Waals surface area contributed by atoms with E-state index in [0.29, 0.717) is 5.88 Å². The van der Waals surface area contributed by atoms with Gasteiger partial charge in [-0.05, 0) is 0 Å². The molecule has 0 aliphatic rings. The second-order valence-electron chi connectivity index (χ2n) is 2.92. The van der Waals surface area contributed by atoms with Crippen LogP contribution in [0.25, 0.3) is 0 Å². The number of rotatable bonds is 8. The molecule has 0 radical (unpaired) electrons. The van der Waals surface area contributed by atoms with Crippen molar-refractivity contribution in [1.82, 2.24) is 0 Å². The zero-order chi connectivity index (χ0) is 10.2. The van der Waals surface area contributed by atoms with E-state index in [-0.39, 0.29) is 0 Å². The van der Waals surface area contributed by atoms with Crippen LogP contribution in [0.4, 0.5) is 0 Å². The summed E-state index contributed by atoms with van der Waals surface area (Å²) in [7, 11) is 0. The molecule has 0 atom stereocenters. The molecule has 0 amide bonds. The van der Waals surface area contributed by atoms with E-state index in [1.54, 1.807) is 0 Å². The van der Waals surface area contributed by atoms with Crippen molar-refractivity contribution in [2.24, 2.45) is 0 Å². The summed E-state index contributed by atoms with van der Waals surface area (Å²) in [5, 5.41) is 2.14. The van der Waals surface area contributed by atoms with Crippen LogP contribution >= 0.6 is 11.6 Å². The summed E-state index contributed by atoms with van der Waals surface area (Å²) < 4.78 is 11.7. The molecule has 4 heteroatoms. The van der Waals surface area contributed by atoms with E-state index in [4.69, 9.17) is 19.1 Å². The summed E-state index contributed by atoms with van der Waals surface area (Å²) >= 11 is 3.29. The first-order valence-electron chi connectivity index (χ1n) is 5.08. The molecule has 0 aromatic heterocycles. The third-order valence-electron chi connectivity index (χ3n) is 2.04. The normalized spacial score (nSPS) is 12.0. The fourth-order valence-corrected chi connectivity index (χ4v) is 8.12. The molecule has 0 aromatic rings. The first-order valence-corrected chi connectivity index (χ1v) is 10.3. The molecule has 0 aliphatic heterocycles. The topological polar surface area (TPSA) is 18.5 Å². The third kappa shape index (κ3) is 5.25. The van der Waals surface area contributed by atoms with E-state index in [0.717, 1.165) is 30.1 Å². The molecule has 0 aromatic carbocycles. The average Bonchev–Trinajstić information content (AvgIpc) is 2.15. The zero-order valence-corrected chi connectivity index (χ0v) is 11.8. The van der Waals surface area contributed by atoms with Crippen LogP contribution in [0.15, 0.2) is 0 Å². The van der Waals surface area contributed by atoms with Crippen LogP contribution in [0.3, 0.4) is 0 Å². The SMILES string of the molecule is CC[O][Ge]([CH2]C)([CH2]CCCl)[O]CC. The van der Waals surface area contributed by atoms with Crippen molar-refractivity contribution in [1.29, 1.82) is 0 Å². The summed E-state index contributed by atoms with van der Waals surface area (Å²) in [6, 6.07) is 0. The van der Waals surface area contributed by atoms with Gasteiger partial charge in [0.25, 0.3) is 0 Å². The van der Waals surface area contributed by atoms with Gasteiger partial charge in [0.15, 0.2) is 0 Å². The van der Waals surface area contributed by atoms with Gasteiger partial charge in [0.2, 0.25) is 0 Å². The predicted molar refractivity (Wildman–Crippen MR) is 59.6 cm³/mol. The summed E-state index contributed by atoms with van der Waals surface area (Å²) in [6.07, 6.45) is 1.02. The van der Waals surface area contributed by atoms with Crippen LogP contribution in [0.2, 0.25) is 10.5 Å². The van der Waals surface area contributed by atoms with Crippen molar-refractivity contribution < 1.29 is 7.53 Å². The molecule has 13 heavy (non-hydrogen) atoms. The van der Waals surface area contributed by atoms with Crippen LogP contribution in [0, 0.1) is 0 Å². The Morgan fingerprint density at radius 2 is 1.62 bits per heavy atom. The third-order valence-corrected chi connectivity index (χ3v) is 10.3. The van der Waals surface area contributed by atoms with Crippen molar-refractivity contribution >= 4 is 25.5 Å². The quantitative estimate of drug-likeness (QED) is 0.498. The zero-order valence-electron chi connectivity index (χ0n) is 8.94. The van der Waals surface area contributed by atoms with Crippen LogP contribution in [0.1, 0.15) is 27.2 Å². The molecule has 0 saturated heterocycles. The molecule has 0 saturated carbocycles. The van der Waals surface area contributed by atoms with E-state index >= 15 is 0 Å². The van der Waals surface area contributed by atoms with Crippen LogP contribution in [0.5, 0.6) is 0 Å². The Morgan fingerprint density at radius 1 is 1.08 bits per heavy atom. The minimum absolute atomic E-state index is 0.715. The molecular weight excluding hydrogens is 248 g/mol. The van der Waals surface area contributed by atoms with E-state index in [9.17, 15) is 0 Å². The number of hydrogen-bond donors (Lipinski definition) is 0. The van der Waals surface area contributed by atoms with Gasteiger partial charge in [0, 0.05) is 0 Å². The molecule has 0 rings (SSSR count). The molecule has 0 aliphatic carbocycles. The second-order valence-corrected chi connectivity index (χ2v) is 10.9. The van der Waals surface area contributed by atoms with E-state index < -0.39 is 13.9 Å². The van der Waals surface area contributed by atoms with Gasteiger partial charge in [-0.1, -0.05) is 0 Å². The predicted octanol–water partition coefficient (Wildman–Crippen LogP) is 3.15. The molecular formula is C9H21ClGeO2. The summed E-state index contributed by atoms with van der Waals surface area (Å²) in [5.74, 6) is 0.715. The van der Waals surface area contributed by atoms with Gasteiger partial charge in [-0.3, -0.25) is 0 Å². The number of halogens is 1. The molecule has 0 N–H and O–H groups in total. The molecule has 2 nitrogen and oxygen atoms in total. The molecule has 0 spiro atoms. The monoisotopic (exact) mass is 270 g/mol. The van der Waals surface area contributed by atoms with Gasteiger partial charge in [-0.2, -0.15) is 0 Å². The Labute approximate surface area is 90.0 Å². The van der Waals surface area contributed by atoms with E-state index in [2.05, 4.69) is 6.92 Å². The van der Waals surface area contributed by atoms with Crippen molar-refractivity contribution in [3.05, 3.63) is 0 Å².